The molecule has 20 heavy (non-hydrogen) atoms. The predicted molar refractivity (Wildman–Crippen MR) is 85.7 cm³/mol. The molecular formula is C14H15NO3S2. The Bertz CT molecular complexity index is 582. The van der Waals surface area contributed by atoms with Gasteiger partial charge in [-0.15, -0.1) is 0 Å². The van der Waals surface area contributed by atoms with Gasteiger partial charge in [0.2, 0.25) is 5.12 Å². The summed E-state index contributed by atoms with van der Waals surface area (Å²) >= 11 is 2.74. The normalized spacial score (nSPS) is 16.4. The van der Waals surface area contributed by atoms with Crippen molar-refractivity contribution in [2.45, 2.75) is 6.92 Å². The van der Waals surface area contributed by atoms with Crippen molar-refractivity contribution in [2.75, 3.05) is 20.0 Å². The molecular weight excluding hydrogens is 294 g/mol. The number of carbonyl (C=O) groups is 1. The van der Waals surface area contributed by atoms with Crippen LogP contribution in [0.4, 0.5) is 0 Å². The van der Waals surface area contributed by atoms with E-state index in [0.717, 1.165) is 15.7 Å². The van der Waals surface area contributed by atoms with Gasteiger partial charge in [-0.3, -0.25) is 4.79 Å². The first-order valence-electron chi connectivity index (χ1n) is 6.05. The number of methoxy groups -OCH3 is 2. The largest absolute Gasteiger partial charge is 0.497 e. The van der Waals surface area contributed by atoms with E-state index in [1.807, 2.05) is 25.1 Å². The number of benzene rings is 1. The van der Waals surface area contributed by atoms with Crippen LogP contribution in [0.5, 0.6) is 11.5 Å². The molecule has 1 aromatic rings. The molecule has 0 N–H and O–H groups in total. The summed E-state index contributed by atoms with van der Waals surface area (Å²) in [6.07, 6.45) is 1.74. The molecule has 1 heterocycles. The van der Waals surface area contributed by atoms with Crippen LogP contribution in [0.25, 0.3) is 6.08 Å². The first kappa shape index (κ1) is 15.0. The van der Waals surface area contributed by atoms with Gasteiger partial charge < -0.3 is 9.47 Å². The monoisotopic (exact) mass is 309 g/mol. The third-order valence-corrected chi connectivity index (χ3v) is 4.49. The van der Waals surface area contributed by atoms with E-state index in [2.05, 4.69) is 4.99 Å². The summed E-state index contributed by atoms with van der Waals surface area (Å²) in [6, 6.07) is 5.45. The Morgan fingerprint density at radius 3 is 2.80 bits per heavy atom. The number of thioether (sulfide) groups is 2. The maximum absolute atomic E-state index is 11.9. The van der Waals surface area contributed by atoms with E-state index in [9.17, 15) is 4.79 Å². The Labute approximate surface area is 126 Å². The molecule has 0 spiro atoms. The first-order valence-corrected chi connectivity index (χ1v) is 7.85. The molecule has 0 bridgehead atoms. The zero-order chi connectivity index (χ0) is 14.5. The molecule has 106 valence electrons. The van der Waals surface area contributed by atoms with Crippen LogP contribution in [0.2, 0.25) is 0 Å². The highest BCUT2D eigenvalue weighted by molar-refractivity contribution is 8.45. The Morgan fingerprint density at radius 1 is 1.35 bits per heavy atom. The van der Waals surface area contributed by atoms with Crippen LogP contribution in [-0.4, -0.2) is 29.5 Å². The minimum Gasteiger partial charge on any atom is -0.497 e. The molecule has 0 saturated carbocycles. The van der Waals surface area contributed by atoms with Gasteiger partial charge in [0.15, 0.2) is 0 Å². The van der Waals surface area contributed by atoms with Crippen molar-refractivity contribution in [2.24, 2.45) is 4.99 Å². The fourth-order valence-corrected chi connectivity index (χ4v) is 3.41. The van der Waals surface area contributed by atoms with E-state index in [4.69, 9.17) is 9.47 Å². The highest BCUT2D eigenvalue weighted by Gasteiger charge is 2.22. The average Bonchev–Trinajstić information content (AvgIpc) is 2.79. The predicted octanol–water partition coefficient (Wildman–Crippen LogP) is 3.43. The lowest BCUT2D eigenvalue weighted by molar-refractivity contribution is -0.107. The number of rotatable bonds is 4. The standard InChI is InChI=1S/C14H15NO3S2/c1-4-19-14-15-11(13(16)20-14)8-9-7-10(17-2)5-6-12(9)18-3/h5-8H,4H2,1-3H3. The van der Waals surface area contributed by atoms with Gasteiger partial charge in [-0.25, -0.2) is 4.99 Å². The molecule has 0 atom stereocenters. The lowest BCUT2D eigenvalue weighted by atomic mass is 10.1. The van der Waals surface area contributed by atoms with Gasteiger partial charge in [-0.1, -0.05) is 18.7 Å². The van der Waals surface area contributed by atoms with Crippen molar-refractivity contribution >= 4 is 39.1 Å². The molecule has 0 aromatic heterocycles. The van der Waals surface area contributed by atoms with Crippen molar-refractivity contribution in [3.63, 3.8) is 0 Å². The molecule has 6 heteroatoms. The van der Waals surface area contributed by atoms with Crippen LogP contribution in [-0.2, 0) is 4.79 Å². The molecule has 0 radical (unpaired) electrons. The smallest absolute Gasteiger partial charge is 0.244 e. The third kappa shape index (κ3) is 3.37. The van der Waals surface area contributed by atoms with Crippen LogP contribution in [0.3, 0.4) is 0 Å². The number of carbonyl (C=O) groups excluding carboxylic acids is 1. The number of hydrogen-bond acceptors (Lipinski definition) is 6. The summed E-state index contributed by atoms with van der Waals surface area (Å²) in [6.45, 7) is 2.03. The van der Waals surface area contributed by atoms with E-state index in [-0.39, 0.29) is 5.12 Å². The van der Waals surface area contributed by atoms with Crippen LogP contribution in [0.1, 0.15) is 12.5 Å². The van der Waals surface area contributed by atoms with Crippen molar-refractivity contribution < 1.29 is 14.3 Å². The fourth-order valence-electron chi connectivity index (χ4n) is 1.67. The number of nitrogens with zero attached hydrogens (tertiary/aromatic N) is 1. The summed E-state index contributed by atoms with van der Waals surface area (Å²) in [5, 5.41) is -0.0363. The maximum Gasteiger partial charge on any atom is 0.244 e. The number of aliphatic imine (C=N–C) groups is 1. The summed E-state index contributed by atoms with van der Waals surface area (Å²) < 4.78 is 11.3. The van der Waals surface area contributed by atoms with Gasteiger partial charge in [0.25, 0.3) is 0 Å². The molecule has 0 unspecified atom stereocenters. The zero-order valence-corrected chi connectivity index (χ0v) is 13.1. The van der Waals surface area contributed by atoms with Gasteiger partial charge in [-0.05, 0) is 41.8 Å². The molecule has 0 amide bonds. The molecule has 1 aromatic carbocycles. The van der Waals surface area contributed by atoms with Crippen LogP contribution in [0, 0.1) is 0 Å². The van der Waals surface area contributed by atoms with Crippen LogP contribution < -0.4 is 9.47 Å². The van der Waals surface area contributed by atoms with Crippen molar-refractivity contribution in [1.82, 2.24) is 0 Å². The molecule has 0 aliphatic carbocycles. The molecule has 1 aliphatic rings. The van der Waals surface area contributed by atoms with E-state index in [1.165, 1.54) is 11.8 Å². The molecule has 0 fully saturated rings. The van der Waals surface area contributed by atoms with Gasteiger partial charge in [0.1, 0.15) is 21.6 Å². The molecule has 0 saturated heterocycles. The van der Waals surface area contributed by atoms with Gasteiger partial charge in [0.05, 0.1) is 14.2 Å². The quantitative estimate of drug-likeness (QED) is 0.798. The second-order valence-electron chi connectivity index (χ2n) is 3.84. The summed E-state index contributed by atoms with van der Waals surface area (Å²) in [4.78, 5) is 16.3. The van der Waals surface area contributed by atoms with E-state index in [0.29, 0.717) is 17.2 Å². The van der Waals surface area contributed by atoms with E-state index >= 15 is 0 Å². The third-order valence-electron chi connectivity index (χ3n) is 2.60. The lowest BCUT2D eigenvalue weighted by Gasteiger charge is -2.07. The minimum absolute atomic E-state index is 0.0363. The Balaban J connectivity index is 2.36. The van der Waals surface area contributed by atoms with Gasteiger partial charge in [-0.2, -0.15) is 0 Å². The van der Waals surface area contributed by atoms with Crippen LogP contribution in [0.15, 0.2) is 28.9 Å². The summed E-state index contributed by atoms with van der Waals surface area (Å²) in [5.41, 5.74) is 1.22. The van der Waals surface area contributed by atoms with Crippen LogP contribution >= 0.6 is 23.5 Å². The maximum atomic E-state index is 11.9. The molecule has 1 aliphatic heterocycles. The van der Waals surface area contributed by atoms with E-state index in [1.54, 1.807) is 32.1 Å². The van der Waals surface area contributed by atoms with Crippen molar-refractivity contribution in [3.8, 4) is 11.5 Å². The van der Waals surface area contributed by atoms with Gasteiger partial charge in [0, 0.05) is 5.56 Å². The lowest BCUT2D eigenvalue weighted by Crippen LogP contribution is -1.92. The second kappa shape index (κ2) is 6.85. The van der Waals surface area contributed by atoms with E-state index < -0.39 is 0 Å². The highest BCUT2D eigenvalue weighted by atomic mass is 32.2. The van der Waals surface area contributed by atoms with Crippen molar-refractivity contribution in [1.29, 1.82) is 0 Å². The minimum atomic E-state index is -0.0363. The summed E-state index contributed by atoms with van der Waals surface area (Å²) in [7, 11) is 3.19. The average molecular weight is 309 g/mol. The SMILES string of the molecule is CCSC1=NC(=Cc2cc(OC)ccc2OC)C(=O)S1. The van der Waals surface area contributed by atoms with Gasteiger partial charge >= 0.3 is 0 Å². The Hall–Kier alpha value is -1.40. The molecule has 2 rings (SSSR count). The molecule has 4 nitrogen and oxygen atoms in total. The topological polar surface area (TPSA) is 47.9 Å². The highest BCUT2D eigenvalue weighted by Crippen LogP contribution is 2.33. The fraction of sp³-hybridized carbons (Fsp3) is 0.286. The zero-order valence-electron chi connectivity index (χ0n) is 11.5. The summed E-state index contributed by atoms with van der Waals surface area (Å²) in [5.74, 6) is 2.29. The second-order valence-corrected chi connectivity index (χ2v) is 6.31. The van der Waals surface area contributed by atoms with Crippen molar-refractivity contribution in [3.05, 3.63) is 29.5 Å². The Kier molecular flexibility index (Phi) is 5.14. The first-order chi connectivity index (χ1) is 9.67. The Morgan fingerprint density at radius 2 is 2.15 bits per heavy atom. The number of hydrogen-bond donors (Lipinski definition) is 0. The number of ether oxygens (including phenoxy) is 2.